The number of halogens is 1. The van der Waals surface area contributed by atoms with Crippen molar-refractivity contribution >= 4 is 11.6 Å². The average molecular weight is 336 g/mol. The predicted octanol–water partition coefficient (Wildman–Crippen LogP) is 5.46. The van der Waals surface area contributed by atoms with Gasteiger partial charge in [-0.3, -0.25) is 0 Å². The lowest BCUT2D eigenvalue weighted by Crippen LogP contribution is -2.22. The highest BCUT2D eigenvalue weighted by Gasteiger charge is 2.26. The SMILES string of the molecule is CCC(N)Cc1cc(Cl)cc(C2CCCCC2)c1OCC1CC1. The Morgan fingerprint density at radius 2 is 1.91 bits per heavy atom. The fraction of sp³-hybridized carbons (Fsp3) is 0.700. The molecule has 1 unspecified atom stereocenters. The van der Waals surface area contributed by atoms with E-state index in [1.807, 2.05) is 0 Å². The Morgan fingerprint density at radius 3 is 2.57 bits per heavy atom. The van der Waals surface area contributed by atoms with Crippen LogP contribution >= 0.6 is 11.6 Å². The van der Waals surface area contributed by atoms with Crippen LogP contribution < -0.4 is 10.5 Å². The van der Waals surface area contributed by atoms with Crippen LogP contribution in [0.3, 0.4) is 0 Å². The van der Waals surface area contributed by atoms with Crippen LogP contribution in [0.5, 0.6) is 5.75 Å². The maximum atomic E-state index is 6.45. The van der Waals surface area contributed by atoms with Crippen LogP contribution in [-0.2, 0) is 6.42 Å². The molecule has 2 N–H and O–H groups in total. The predicted molar refractivity (Wildman–Crippen MR) is 97.5 cm³/mol. The van der Waals surface area contributed by atoms with Crippen molar-refractivity contribution in [3.8, 4) is 5.75 Å². The minimum atomic E-state index is 0.177. The molecule has 23 heavy (non-hydrogen) atoms. The molecule has 0 spiro atoms. The van der Waals surface area contributed by atoms with Crippen molar-refractivity contribution in [3.63, 3.8) is 0 Å². The standard InChI is InChI=1S/C20H30ClNO/c1-2-18(22)11-16-10-17(21)12-19(15-6-4-3-5-7-15)20(16)23-13-14-8-9-14/h10,12,14-15,18H,2-9,11,13,22H2,1H3. The molecule has 1 atom stereocenters. The average Bonchev–Trinajstić information content (AvgIpc) is 3.38. The summed E-state index contributed by atoms with van der Waals surface area (Å²) in [7, 11) is 0. The lowest BCUT2D eigenvalue weighted by molar-refractivity contribution is 0.288. The molecule has 0 heterocycles. The van der Waals surface area contributed by atoms with E-state index in [9.17, 15) is 0 Å². The van der Waals surface area contributed by atoms with Crippen molar-refractivity contribution in [2.24, 2.45) is 11.7 Å². The second kappa shape index (κ2) is 7.90. The molecule has 2 aliphatic rings. The molecular weight excluding hydrogens is 306 g/mol. The van der Waals surface area contributed by atoms with Crippen molar-refractivity contribution in [1.29, 1.82) is 0 Å². The molecule has 3 heteroatoms. The maximum Gasteiger partial charge on any atom is 0.126 e. The smallest absolute Gasteiger partial charge is 0.126 e. The first kappa shape index (κ1) is 17.1. The zero-order valence-electron chi connectivity index (χ0n) is 14.3. The van der Waals surface area contributed by atoms with Crippen LogP contribution in [-0.4, -0.2) is 12.6 Å². The van der Waals surface area contributed by atoms with E-state index in [0.29, 0.717) is 5.92 Å². The molecule has 1 aromatic rings. The van der Waals surface area contributed by atoms with Gasteiger partial charge in [0, 0.05) is 11.1 Å². The van der Waals surface area contributed by atoms with E-state index >= 15 is 0 Å². The number of rotatable bonds is 7. The lowest BCUT2D eigenvalue weighted by Gasteiger charge is -2.26. The summed E-state index contributed by atoms with van der Waals surface area (Å²) in [6.45, 7) is 3.00. The molecule has 128 valence electrons. The second-order valence-electron chi connectivity index (χ2n) is 7.45. The van der Waals surface area contributed by atoms with Crippen LogP contribution in [0.2, 0.25) is 5.02 Å². The molecule has 2 saturated carbocycles. The fourth-order valence-corrected chi connectivity index (χ4v) is 3.88. The fourth-order valence-electron chi connectivity index (χ4n) is 3.63. The first-order valence-electron chi connectivity index (χ1n) is 9.38. The third-order valence-corrected chi connectivity index (χ3v) is 5.59. The van der Waals surface area contributed by atoms with Gasteiger partial charge in [0.2, 0.25) is 0 Å². The highest BCUT2D eigenvalue weighted by Crippen LogP contribution is 2.42. The van der Waals surface area contributed by atoms with Crippen LogP contribution in [0.15, 0.2) is 12.1 Å². The molecule has 3 rings (SSSR count). The van der Waals surface area contributed by atoms with Gasteiger partial charge in [0.05, 0.1) is 6.61 Å². The Bertz CT molecular complexity index is 521. The minimum Gasteiger partial charge on any atom is -0.493 e. The van der Waals surface area contributed by atoms with Crippen molar-refractivity contribution in [2.75, 3.05) is 6.61 Å². The van der Waals surface area contributed by atoms with Gasteiger partial charge in [-0.15, -0.1) is 0 Å². The largest absolute Gasteiger partial charge is 0.493 e. The summed E-state index contributed by atoms with van der Waals surface area (Å²) < 4.78 is 6.33. The van der Waals surface area contributed by atoms with E-state index in [4.69, 9.17) is 22.1 Å². The number of hydrogen-bond donors (Lipinski definition) is 1. The van der Waals surface area contributed by atoms with Gasteiger partial charge in [-0.1, -0.05) is 37.8 Å². The Balaban J connectivity index is 1.89. The van der Waals surface area contributed by atoms with Crippen molar-refractivity contribution in [1.82, 2.24) is 0 Å². The Morgan fingerprint density at radius 1 is 1.17 bits per heavy atom. The van der Waals surface area contributed by atoms with Gasteiger partial charge in [0.15, 0.2) is 0 Å². The Labute approximate surface area is 145 Å². The van der Waals surface area contributed by atoms with E-state index in [1.54, 1.807) is 0 Å². The molecule has 0 radical (unpaired) electrons. The zero-order chi connectivity index (χ0) is 16.2. The monoisotopic (exact) mass is 335 g/mol. The third-order valence-electron chi connectivity index (χ3n) is 5.37. The molecule has 2 fully saturated rings. The first-order chi connectivity index (χ1) is 11.2. The Hall–Kier alpha value is -0.730. The number of benzene rings is 1. The van der Waals surface area contributed by atoms with Crippen molar-refractivity contribution in [3.05, 3.63) is 28.3 Å². The van der Waals surface area contributed by atoms with Crippen LogP contribution in [0.25, 0.3) is 0 Å². The van der Waals surface area contributed by atoms with Gasteiger partial charge in [-0.05, 0) is 73.6 Å². The quantitative estimate of drug-likeness (QED) is 0.718. The normalized spacial score (nSPS) is 20.5. The van der Waals surface area contributed by atoms with Gasteiger partial charge in [0.1, 0.15) is 5.75 Å². The summed E-state index contributed by atoms with van der Waals surface area (Å²) in [5.74, 6) is 2.47. The summed E-state index contributed by atoms with van der Waals surface area (Å²) in [6.07, 6.45) is 11.0. The van der Waals surface area contributed by atoms with Gasteiger partial charge in [0.25, 0.3) is 0 Å². The highest BCUT2D eigenvalue weighted by molar-refractivity contribution is 6.30. The van der Waals surface area contributed by atoms with Crippen LogP contribution in [0, 0.1) is 5.92 Å². The van der Waals surface area contributed by atoms with E-state index in [1.165, 1.54) is 56.1 Å². The van der Waals surface area contributed by atoms with E-state index in [-0.39, 0.29) is 6.04 Å². The van der Waals surface area contributed by atoms with Gasteiger partial charge < -0.3 is 10.5 Å². The topological polar surface area (TPSA) is 35.2 Å². The molecule has 0 bridgehead atoms. The summed E-state index contributed by atoms with van der Waals surface area (Å²) in [6, 6.07) is 4.41. The van der Waals surface area contributed by atoms with Crippen LogP contribution in [0.1, 0.15) is 75.3 Å². The summed E-state index contributed by atoms with van der Waals surface area (Å²) >= 11 is 6.45. The second-order valence-corrected chi connectivity index (χ2v) is 7.88. The molecule has 0 aliphatic heterocycles. The molecule has 1 aromatic carbocycles. The molecule has 2 nitrogen and oxygen atoms in total. The van der Waals surface area contributed by atoms with Gasteiger partial charge >= 0.3 is 0 Å². The summed E-state index contributed by atoms with van der Waals surface area (Å²) in [4.78, 5) is 0. The molecular formula is C20H30ClNO. The van der Waals surface area contributed by atoms with Crippen LogP contribution in [0.4, 0.5) is 0 Å². The van der Waals surface area contributed by atoms with E-state index < -0.39 is 0 Å². The number of nitrogens with two attached hydrogens (primary N) is 1. The van der Waals surface area contributed by atoms with Crippen molar-refractivity contribution < 1.29 is 4.74 Å². The lowest BCUT2D eigenvalue weighted by atomic mass is 9.82. The van der Waals surface area contributed by atoms with Gasteiger partial charge in [-0.2, -0.15) is 0 Å². The maximum absolute atomic E-state index is 6.45. The third kappa shape index (κ3) is 4.64. The number of ether oxygens (including phenoxy) is 1. The first-order valence-corrected chi connectivity index (χ1v) is 9.75. The van der Waals surface area contributed by atoms with Crippen molar-refractivity contribution in [2.45, 2.75) is 76.7 Å². The highest BCUT2D eigenvalue weighted by atomic mass is 35.5. The van der Waals surface area contributed by atoms with E-state index in [2.05, 4.69) is 19.1 Å². The zero-order valence-corrected chi connectivity index (χ0v) is 15.1. The van der Waals surface area contributed by atoms with Gasteiger partial charge in [-0.25, -0.2) is 0 Å². The number of hydrogen-bond acceptors (Lipinski definition) is 2. The molecule has 0 amide bonds. The minimum absolute atomic E-state index is 0.177. The molecule has 2 aliphatic carbocycles. The van der Waals surface area contributed by atoms with E-state index in [0.717, 1.165) is 36.1 Å². The summed E-state index contributed by atoms with van der Waals surface area (Å²) in [5, 5.41) is 0.836. The summed E-state index contributed by atoms with van der Waals surface area (Å²) in [5.41, 5.74) is 8.78. The molecule has 0 saturated heterocycles. The molecule has 0 aromatic heterocycles. The Kier molecular flexibility index (Phi) is 5.87.